The van der Waals surface area contributed by atoms with Crippen molar-refractivity contribution >= 4 is 65.4 Å². The van der Waals surface area contributed by atoms with Crippen LogP contribution in [0.15, 0.2) is 158 Å². The van der Waals surface area contributed by atoms with E-state index in [-0.39, 0.29) is 0 Å². The summed E-state index contributed by atoms with van der Waals surface area (Å²) in [7, 11) is 0. The summed E-state index contributed by atoms with van der Waals surface area (Å²) in [6, 6.07) is 58.2. The van der Waals surface area contributed by atoms with Crippen molar-refractivity contribution in [2.24, 2.45) is 0 Å². The van der Waals surface area contributed by atoms with Gasteiger partial charge in [-0.15, -0.1) is 0 Å². The molecule has 0 aliphatic carbocycles. The summed E-state index contributed by atoms with van der Waals surface area (Å²) < 4.78 is 7.01. The molecule has 0 spiro atoms. The van der Waals surface area contributed by atoms with E-state index in [1.807, 2.05) is 6.07 Å². The van der Waals surface area contributed by atoms with E-state index < -0.39 is 0 Å². The molecule has 3 aromatic heterocycles. The predicted molar refractivity (Wildman–Crippen MR) is 194 cm³/mol. The molecule has 4 heteroatoms. The molecule has 0 bridgehead atoms. The highest BCUT2D eigenvalue weighted by Gasteiger charge is 2.24. The van der Waals surface area contributed by atoms with Crippen molar-refractivity contribution < 1.29 is 0 Å². The number of fused-ring (bicyclic) bond motifs is 10. The minimum absolute atomic E-state index is 0.664. The number of rotatable bonds is 3. The Hall–Kier alpha value is -6.57. The molecular weight excluding hydrogens is 573 g/mol. The van der Waals surface area contributed by atoms with E-state index in [0.717, 1.165) is 60.7 Å². The highest BCUT2D eigenvalue weighted by molar-refractivity contribution is 6.27. The highest BCUT2D eigenvalue weighted by atomic mass is 15.0. The van der Waals surface area contributed by atoms with Crippen molar-refractivity contribution in [1.29, 1.82) is 5.26 Å². The van der Waals surface area contributed by atoms with Crippen molar-refractivity contribution in [2.45, 2.75) is 0 Å². The zero-order valence-electron chi connectivity index (χ0n) is 25.3. The average molecular weight is 599 g/mol. The van der Waals surface area contributed by atoms with E-state index in [4.69, 9.17) is 0 Å². The van der Waals surface area contributed by atoms with Crippen LogP contribution in [0.5, 0.6) is 0 Å². The second-order valence-electron chi connectivity index (χ2n) is 12.1. The SMILES string of the molecule is N#Cc1cc2c3ccccc3n(-c3ccc4c(c3)c3ccccc3n4-c3ccccc3)c2c2c3ccccc3n(-c3ccccc3)c12. The molecule has 0 saturated heterocycles. The third kappa shape index (κ3) is 3.51. The molecule has 10 rings (SSSR count). The van der Waals surface area contributed by atoms with Crippen LogP contribution in [0, 0.1) is 11.3 Å². The van der Waals surface area contributed by atoms with Gasteiger partial charge in [-0.1, -0.05) is 91.0 Å². The van der Waals surface area contributed by atoms with Gasteiger partial charge >= 0.3 is 0 Å². The summed E-state index contributed by atoms with van der Waals surface area (Å²) in [4.78, 5) is 0. The first-order valence-electron chi connectivity index (χ1n) is 15.9. The molecule has 0 unspecified atom stereocenters. The van der Waals surface area contributed by atoms with Crippen LogP contribution in [-0.4, -0.2) is 13.7 Å². The van der Waals surface area contributed by atoms with E-state index in [2.05, 4.69) is 171 Å². The van der Waals surface area contributed by atoms with Crippen LogP contribution in [0.25, 0.3) is 82.5 Å². The number of nitrogens with zero attached hydrogens (tertiary/aromatic N) is 4. The average Bonchev–Trinajstić information content (AvgIpc) is 3.77. The van der Waals surface area contributed by atoms with Gasteiger partial charge in [0.25, 0.3) is 0 Å². The molecular formula is C43H26N4. The number of para-hydroxylation sites is 5. The Bertz CT molecular complexity index is 2900. The van der Waals surface area contributed by atoms with E-state index in [0.29, 0.717) is 5.56 Å². The zero-order chi connectivity index (χ0) is 31.1. The summed E-state index contributed by atoms with van der Waals surface area (Å²) >= 11 is 0. The minimum atomic E-state index is 0.664. The van der Waals surface area contributed by atoms with Crippen molar-refractivity contribution in [3.05, 3.63) is 163 Å². The van der Waals surface area contributed by atoms with Gasteiger partial charge in [0.05, 0.1) is 38.7 Å². The van der Waals surface area contributed by atoms with Crippen LogP contribution in [0.2, 0.25) is 0 Å². The fourth-order valence-electron chi connectivity index (χ4n) is 7.76. The van der Waals surface area contributed by atoms with Gasteiger partial charge in [-0.05, 0) is 66.7 Å². The van der Waals surface area contributed by atoms with Crippen LogP contribution < -0.4 is 0 Å². The molecule has 0 aliphatic rings. The number of nitriles is 1. The first-order chi connectivity index (χ1) is 23.3. The van der Waals surface area contributed by atoms with E-state index in [9.17, 15) is 5.26 Å². The Kier molecular flexibility index (Phi) is 5.32. The van der Waals surface area contributed by atoms with Crippen molar-refractivity contribution in [1.82, 2.24) is 13.7 Å². The third-order valence-corrected chi connectivity index (χ3v) is 9.63. The highest BCUT2D eigenvalue weighted by Crippen LogP contribution is 2.44. The van der Waals surface area contributed by atoms with Crippen molar-refractivity contribution in [3.63, 3.8) is 0 Å². The fourth-order valence-corrected chi connectivity index (χ4v) is 7.76. The van der Waals surface area contributed by atoms with Crippen LogP contribution in [-0.2, 0) is 0 Å². The van der Waals surface area contributed by atoms with E-state index in [1.54, 1.807) is 0 Å². The number of benzene rings is 7. The Morgan fingerprint density at radius 2 is 0.851 bits per heavy atom. The molecule has 0 radical (unpaired) electrons. The lowest BCUT2D eigenvalue weighted by molar-refractivity contribution is 1.16. The maximum Gasteiger partial charge on any atom is 0.101 e. The van der Waals surface area contributed by atoms with Crippen LogP contribution >= 0.6 is 0 Å². The van der Waals surface area contributed by atoms with E-state index in [1.165, 1.54) is 21.8 Å². The summed E-state index contributed by atoms with van der Waals surface area (Å²) in [5, 5.41) is 17.5. The predicted octanol–water partition coefficient (Wildman–Crippen LogP) is 10.8. The Morgan fingerprint density at radius 1 is 0.362 bits per heavy atom. The lowest BCUT2D eigenvalue weighted by atomic mass is 10.0. The van der Waals surface area contributed by atoms with E-state index >= 15 is 0 Å². The number of hydrogen-bond donors (Lipinski definition) is 0. The molecule has 3 heterocycles. The molecule has 0 saturated carbocycles. The molecule has 0 aliphatic heterocycles. The third-order valence-electron chi connectivity index (χ3n) is 9.63. The maximum absolute atomic E-state index is 10.6. The number of hydrogen-bond acceptors (Lipinski definition) is 1. The molecule has 4 nitrogen and oxygen atoms in total. The van der Waals surface area contributed by atoms with Gasteiger partial charge < -0.3 is 13.7 Å². The minimum Gasteiger partial charge on any atom is -0.309 e. The smallest absolute Gasteiger partial charge is 0.101 e. The second-order valence-corrected chi connectivity index (χ2v) is 12.1. The number of aromatic nitrogens is 3. The normalized spacial score (nSPS) is 11.8. The van der Waals surface area contributed by atoms with Gasteiger partial charge in [-0.2, -0.15) is 5.26 Å². The Morgan fingerprint density at radius 3 is 1.51 bits per heavy atom. The molecule has 0 N–H and O–H groups in total. The monoisotopic (exact) mass is 598 g/mol. The zero-order valence-corrected chi connectivity index (χ0v) is 25.3. The van der Waals surface area contributed by atoms with Crippen LogP contribution in [0.1, 0.15) is 5.56 Å². The van der Waals surface area contributed by atoms with Crippen molar-refractivity contribution in [3.8, 4) is 23.1 Å². The van der Waals surface area contributed by atoms with Gasteiger partial charge in [0, 0.05) is 49.4 Å². The van der Waals surface area contributed by atoms with Crippen LogP contribution in [0.4, 0.5) is 0 Å². The molecule has 7 aromatic carbocycles. The molecule has 218 valence electrons. The molecule has 10 aromatic rings. The van der Waals surface area contributed by atoms with Crippen molar-refractivity contribution in [2.75, 3.05) is 0 Å². The van der Waals surface area contributed by atoms with Gasteiger partial charge in [0.2, 0.25) is 0 Å². The van der Waals surface area contributed by atoms with Gasteiger partial charge in [0.1, 0.15) is 6.07 Å². The first-order valence-corrected chi connectivity index (χ1v) is 15.9. The second kappa shape index (κ2) is 9.71. The summed E-state index contributed by atoms with van der Waals surface area (Å²) in [5.41, 5.74) is 10.5. The standard InChI is InChI=1S/C43H26N4/c44-27-28-25-36-33-18-8-11-21-38(33)47(43(36)41-34-19-9-12-22-39(34)46(42(28)41)30-15-5-2-6-16-30)31-23-24-40-35(26-31)32-17-7-10-20-37(32)45(40)29-13-3-1-4-14-29/h1-26H. The topological polar surface area (TPSA) is 38.6 Å². The molecule has 0 fully saturated rings. The van der Waals surface area contributed by atoms with Gasteiger partial charge in [0.15, 0.2) is 0 Å². The lowest BCUT2D eigenvalue weighted by Gasteiger charge is -2.12. The Labute approximate surface area is 270 Å². The summed E-state index contributed by atoms with van der Waals surface area (Å²) in [6.45, 7) is 0. The lowest BCUT2D eigenvalue weighted by Crippen LogP contribution is -1.97. The van der Waals surface area contributed by atoms with Gasteiger partial charge in [-0.3, -0.25) is 0 Å². The fraction of sp³-hybridized carbons (Fsp3) is 0. The Balaban J connectivity index is 1.39. The van der Waals surface area contributed by atoms with Gasteiger partial charge in [-0.25, -0.2) is 0 Å². The molecule has 47 heavy (non-hydrogen) atoms. The quantitative estimate of drug-likeness (QED) is 0.199. The largest absolute Gasteiger partial charge is 0.309 e. The summed E-state index contributed by atoms with van der Waals surface area (Å²) in [5.74, 6) is 0. The molecule has 0 atom stereocenters. The van der Waals surface area contributed by atoms with Crippen LogP contribution in [0.3, 0.4) is 0 Å². The summed E-state index contributed by atoms with van der Waals surface area (Å²) in [6.07, 6.45) is 0. The first kappa shape index (κ1) is 25.7. The molecule has 0 amide bonds. The maximum atomic E-state index is 10.6.